The molecule has 192 valence electrons. The van der Waals surface area contributed by atoms with E-state index in [0.29, 0.717) is 11.4 Å². The van der Waals surface area contributed by atoms with Crippen molar-refractivity contribution in [3.63, 3.8) is 0 Å². The first kappa shape index (κ1) is 26.2. The zero-order valence-corrected chi connectivity index (χ0v) is 22.4. The maximum absolute atomic E-state index is 11.7. The van der Waals surface area contributed by atoms with Gasteiger partial charge < -0.3 is 4.74 Å². The highest BCUT2D eigenvalue weighted by Crippen LogP contribution is 2.41. The van der Waals surface area contributed by atoms with E-state index in [4.69, 9.17) is 14.0 Å². The molecule has 0 N–H and O–H groups in total. The summed E-state index contributed by atoms with van der Waals surface area (Å²) < 4.78 is 35.4. The Balaban J connectivity index is 1.04. The monoisotopic (exact) mass is 502 g/mol. The van der Waals surface area contributed by atoms with Crippen LogP contribution in [0.2, 0.25) is 0 Å². The quantitative estimate of drug-likeness (QED) is 0.210. The van der Waals surface area contributed by atoms with Crippen molar-refractivity contribution in [2.24, 2.45) is 17.8 Å². The Kier molecular flexibility index (Phi) is 9.88. The van der Waals surface area contributed by atoms with Gasteiger partial charge in [-0.3, -0.25) is 0 Å². The molecule has 5 nitrogen and oxygen atoms in total. The Morgan fingerprint density at radius 1 is 0.636 bits per heavy atom. The van der Waals surface area contributed by atoms with E-state index in [0.717, 1.165) is 82.0 Å². The lowest BCUT2D eigenvalue weighted by Crippen LogP contribution is -2.33. The second-order valence-corrected chi connectivity index (χ2v) is 14.9. The smallest absolute Gasteiger partial charge is 0.150 e. The average molecular weight is 503 g/mol. The molecule has 0 atom stereocenters. The van der Waals surface area contributed by atoms with Crippen molar-refractivity contribution in [1.29, 1.82) is 0 Å². The van der Waals surface area contributed by atoms with Gasteiger partial charge in [-0.05, 0) is 108 Å². The fraction of sp³-hybridized carbons (Fsp3) is 1.00. The van der Waals surface area contributed by atoms with Gasteiger partial charge >= 0.3 is 0 Å². The van der Waals surface area contributed by atoms with E-state index in [-0.39, 0.29) is 17.5 Å². The zero-order chi connectivity index (χ0) is 23.3. The molecule has 0 aromatic heterocycles. The molecule has 0 spiro atoms. The zero-order valence-electron chi connectivity index (χ0n) is 20.8. The predicted molar refractivity (Wildman–Crippen MR) is 135 cm³/mol. The van der Waals surface area contributed by atoms with Crippen LogP contribution in [-0.2, 0) is 23.8 Å². The third-order valence-corrected chi connectivity index (χ3v) is 11.6. The van der Waals surface area contributed by atoms with E-state index in [1.807, 2.05) is 0 Å². The van der Waals surface area contributed by atoms with Crippen molar-refractivity contribution in [2.75, 3.05) is 6.26 Å². The summed E-state index contributed by atoms with van der Waals surface area (Å²) in [5, 5.41) is 0.333. The Morgan fingerprint density at radius 3 is 1.67 bits per heavy atom. The topological polar surface area (TPSA) is 61.8 Å². The lowest BCUT2D eigenvalue weighted by Gasteiger charge is -2.36. The minimum Gasteiger partial charge on any atom is -0.375 e. The molecule has 0 amide bonds. The molecule has 0 saturated heterocycles. The number of sulfone groups is 1. The fourth-order valence-electron chi connectivity index (χ4n) is 6.68. The van der Waals surface area contributed by atoms with Gasteiger partial charge in [0.15, 0.2) is 0 Å². The number of rotatable bonds is 8. The molecule has 4 fully saturated rings. The Morgan fingerprint density at radius 2 is 1.12 bits per heavy atom. The first-order valence-electron chi connectivity index (χ1n) is 13.7. The van der Waals surface area contributed by atoms with Crippen molar-refractivity contribution in [1.82, 2.24) is 0 Å². The summed E-state index contributed by atoms with van der Waals surface area (Å²) in [7, 11) is -2.90. The summed E-state index contributed by atoms with van der Waals surface area (Å²) in [6, 6.07) is 0. The van der Waals surface area contributed by atoms with E-state index in [1.54, 1.807) is 0 Å². The van der Waals surface area contributed by atoms with E-state index >= 15 is 0 Å². The molecule has 0 radical (unpaired) electrons. The maximum atomic E-state index is 11.7. The second-order valence-electron chi connectivity index (χ2n) is 11.6. The van der Waals surface area contributed by atoms with Gasteiger partial charge in [0, 0.05) is 23.5 Å². The van der Waals surface area contributed by atoms with Gasteiger partial charge in [-0.15, -0.1) is 0 Å². The van der Waals surface area contributed by atoms with Crippen LogP contribution in [-0.4, -0.2) is 43.5 Å². The Hall–Kier alpha value is 0.180. The summed E-state index contributed by atoms with van der Waals surface area (Å²) >= 11 is 1.53. The number of ether oxygens (including phenoxy) is 1. The first-order chi connectivity index (χ1) is 15.9. The number of hydrogen-bond acceptors (Lipinski definition) is 6. The van der Waals surface area contributed by atoms with Gasteiger partial charge in [-0.1, -0.05) is 19.8 Å². The summed E-state index contributed by atoms with van der Waals surface area (Å²) in [5.74, 6) is 2.82. The van der Waals surface area contributed by atoms with Crippen LogP contribution in [0, 0.1) is 17.8 Å². The molecular weight excluding hydrogens is 456 g/mol. The van der Waals surface area contributed by atoms with Crippen molar-refractivity contribution in [3.05, 3.63) is 0 Å². The van der Waals surface area contributed by atoms with Crippen LogP contribution in [0.5, 0.6) is 0 Å². The molecule has 0 bridgehead atoms. The second kappa shape index (κ2) is 12.4. The SMILES string of the molecule is CC1CCC(C2CCC(OOSC3CCC(OC4CCC(S(C)(=O)=O)CC4)CC3)CC2)CC1. The Bertz CT molecular complexity index is 667. The molecule has 0 heterocycles. The van der Waals surface area contributed by atoms with Crippen molar-refractivity contribution in [2.45, 2.75) is 138 Å². The van der Waals surface area contributed by atoms with Crippen LogP contribution in [0.1, 0.15) is 110 Å². The third kappa shape index (κ3) is 8.09. The maximum Gasteiger partial charge on any atom is 0.150 e. The molecule has 0 aliphatic heterocycles. The van der Waals surface area contributed by atoms with Crippen LogP contribution in [0.15, 0.2) is 0 Å². The highest BCUT2D eigenvalue weighted by atomic mass is 32.2. The van der Waals surface area contributed by atoms with E-state index in [9.17, 15) is 8.42 Å². The van der Waals surface area contributed by atoms with E-state index in [1.165, 1.54) is 56.8 Å². The predicted octanol–water partition coefficient (Wildman–Crippen LogP) is 6.65. The fourth-order valence-corrected chi connectivity index (χ4v) is 8.54. The molecule has 4 rings (SSSR count). The molecule has 4 saturated carbocycles. The van der Waals surface area contributed by atoms with Crippen LogP contribution >= 0.6 is 12.0 Å². The molecule has 0 aromatic carbocycles. The van der Waals surface area contributed by atoms with Gasteiger partial charge in [0.1, 0.15) is 9.84 Å². The lowest BCUT2D eigenvalue weighted by atomic mass is 9.71. The molecule has 7 heteroatoms. The van der Waals surface area contributed by atoms with Gasteiger partial charge in [0.05, 0.1) is 23.6 Å². The van der Waals surface area contributed by atoms with Crippen molar-refractivity contribution < 1.29 is 22.4 Å². The van der Waals surface area contributed by atoms with Gasteiger partial charge in [0.25, 0.3) is 0 Å². The molecular formula is C26H46O5S2. The molecule has 0 unspecified atom stereocenters. The summed E-state index contributed by atoms with van der Waals surface area (Å²) in [6.07, 6.45) is 20.5. The third-order valence-electron chi connectivity index (χ3n) is 9.03. The van der Waals surface area contributed by atoms with Crippen molar-refractivity contribution in [3.8, 4) is 0 Å². The van der Waals surface area contributed by atoms with E-state index in [2.05, 4.69) is 6.92 Å². The molecule has 4 aliphatic carbocycles. The summed E-state index contributed by atoms with van der Waals surface area (Å²) in [6.45, 7) is 2.41. The van der Waals surface area contributed by atoms with Crippen LogP contribution in [0.4, 0.5) is 0 Å². The minimum absolute atomic E-state index is 0.159. The van der Waals surface area contributed by atoms with E-state index < -0.39 is 9.84 Å². The van der Waals surface area contributed by atoms with Crippen LogP contribution in [0.25, 0.3) is 0 Å². The standard InChI is InChI=1S/C26H46O5S2/c1-19-3-5-20(6-4-19)21-7-9-24(10-8-21)30-31-32-25-15-11-22(12-16-25)29-23-13-17-26(18-14-23)33(2,27)28/h19-26H,3-18H2,1-2H3. The highest BCUT2D eigenvalue weighted by Gasteiger charge is 2.33. The van der Waals surface area contributed by atoms with Gasteiger partial charge in [-0.2, -0.15) is 4.33 Å². The summed E-state index contributed by atoms with van der Waals surface area (Å²) in [5.41, 5.74) is 0. The Labute approximate surface area is 206 Å². The molecule has 33 heavy (non-hydrogen) atoms. The van der Waals surface area contributed by atoms with Gasteiger partial charge in [0.2, 0.25) is 0 Å². The van der Waals surface area contributed by atoms with Crippen molar-refractivity contribution >= 4 is 21.9 Å². The minimum atomic E-state index is -2.90. The highest BCUT2D eigenvalue weighted by molar-refractivity contribution is 7.95. The van der Waals surface area contributed by atoms with Crippen LogP contribution in [0.3, 0.4) is 0 Å². The average Bonchev–Trinajstić information content (AvgIpc) is 2.81. The summed E-state index contributed by atoms with van der Waals surface area (Å²) in [4.78, 5) is 5.81. The molecule has 0 aromatic rings. The lowest BCUT2D eigenvalue weighted by molar-refractivity contribution is -0.241. The largest absolute Gasteiger partial charge is 0.375 e. The van der Waals surface area contributed by atoms with Gasteiger partial charge in [-0.25, -0.2) is 13.3 Å². The van der Waals surface area contributed by atoms with Crippen LogP contribution < -0.4 is 0 Å². The normalized spacial score (nSPS) is 41.0. The number of hydrogen-bond donors (Lipinski definition) is 0. The first-order valence-corrected chi connectivity index (χ1v) is 16.5. The molecule has 4 aliphatic rings.